The Morgan fingerprint density at radius 2 is 1.91 bits per heavy atom. The van der Waals surface area contributed by atoms with Crippen LogP contribution in [0.2, 0.25) is 0 Å². The number of carbonyl (C=O) groups excluding carboxylic acids is 1. The zero-order chi connectivity index (χ0) is 8.27. The average molecular weight is 155 g/mol. The van der Waals surface area contributed by atoms with Gasteiger partial charge in [-0.25, -0.2) is 0 Å². The molecule has 0 aliphatic carbocycles. The van der Waals surface area contributed by atoms with E-state index in [0.29, 0.717) is 5.82 Å². The molecule has 4 nitrogen and oxygen atoms in total. The third kappa shape index (κ3) is 1.86. The van der Waals surface area contributed by atoms with Crippen LogP contribution in [0.15, 0.2) is 12.4 Å². The van der Waals surface area contributed by atoms with Crippen LogP contribution in [0.4, 0.5) is 0 Å². The van der Waals surface area contributed by atoms with Crippen LogP contribution >= 0.6 is 0 Å². The molecule has 1 heterocycles. The molecule has 0 aromatic carbocycles. The quantitative estimate of drug-likeness (QED) is 0.531. The molecule has 0 spiro atoms. The van der Waals surface area contributed by atoms with E-state index >= 15 is 0 Å². The van der Waals surface area contributed by atoms with Crippen LogP contribution in [-0.2, 0) is 4.79 Å². The second-order valence-corrected chi connectivity index (χ2v) is 2.62. The molecule has 0 unspecified atom stereocenters. The second kappa shape index (κ2) is 3.27. The molecule has 0 atom stereocenters. The first-order chi connectivity index (χ1) is 5.24. The molecule has 0 aromatic heterocycles. The third-order valence-corrected chi connectivity index (χ3v) is 1.87. The van der Waals surface area contributed by atoms with E-state index in [-0.39, 0.29) is 0 Å². The summed E-state index contributed by atoms with van der Waals surface area (Å²) < 4.78 is 0. The molecule has 1 amide bonds. The molecule has 1 rings (SSSR count). The van der Waals surface area contributed by atoms with Gasteiger partial charge in [-0.1, -0.05) is 6.58 Å². The maximum atomic E-state index is 10.3. The van der Waals surface area contributed by atoms with Crippen LogP contribution in [0, 0.1) is 0 Å². The molecule has 1 fully saturated rings. The number of rotatable bonds is 2. The molecular weight excluding hydrogens is 142 g/mol. The average Bonchev–Trinajstić information content (AvgIpc) is 2.05. The molecule has 2 N–H and O–H groups in total. The SMILES string of the molecule is C=C(N)N1CCN(C=O)CC1. The fourth-order valence-corrected chi connectivity index (χ4v) is 1.11. The Kier molecular flexibility index (Phi) is 2.36. The highest BCUT2D eigenvalue weighted by Gasteiger charge is 2.14. The van der Waals surface area contributed by atoms with E-state index in [1.807, 2.05) is 4.90 Å². The number of carbonyl (C=O) groups is 1. The monoisotopic (exact) mass is 155 g/mol. The summed E-state index contributed by atoms with van der Waals surface area (Å²) in [5.74, 6) is 0.593. The zero-order valence-electron chi connectivity index (χ0n) is 6.49. The van der Waals surface area contributed by atoms with Gasteiger partial charge < -0.3 is 15.5 Å². The van der Waals surface area contributed by atoms with E-state index in [1.54, 1.807) is 4.90 Å². The molecule has 1 saturated heterocycles. The summed E-state index contributed by atoms with van der Waals surface area (Å²) in [6.07, 6.45) is 0.872. The second-order valence-electron chi connectivity index (χ2n) is 2.62. The highest BCUT2D eigenvalue weighted by atomic mass is 16.1. The number of nitrogens with two attached hydrogens (primary N) is 1. The Balaban J connectivity index is 2.35. The Morgan fingerprint density at radius 3 is 2.27 bits per heavy atom. The van der Waals surface area contributed by atoms with Gasteiger partial charge in [0.2, 0.25) is 6.41 Å². The minimum Gasteiger partial charge on any atom is -0.386 e. The minimum absolute atomic E-state index is 0.593. The number of nitrogens with zero attached hydrogens (tertiary/aromatic N) is 2. The molecule has 4 heteroatoms. The summed E-state index contributed by atoms with van der Waals surface area (Å²) >= 11 is 0. The first-order valence-corrected chi connectivity index (χ1v) is 3.62. The van der Waals surface area contributed by atoms with E-state index < -0.39 is 0 Å². The van der Waals surface area contributed by atoms with Crippen LogP contribution in [0.1, 0.15) is 0 Å². The van der Waals surface area contributed by atoms with Crippen molar-refractivity contribution in [3.05, 3.63) is 12.4 Å². The van der Waals surface area contributed by atoms with Crippen LogP contribution in [0.25, 0.3) is 0 Å². The lowest BCUT2D eigenvalue weighted by molar-refractivity contribution is -0.119. The van der Waals surface area contributed by atoms with Gasteiger partial charge in [-0.15, -0.1) is 0 Å². The molecule has 0 saturated carbocycles. The Hall–Kier alpha value is -1.19. The van der Waals surface area contributed by atoms with Crippen molar-refractivity contribution in [3.63, 3.8) is 0 Å². The van der Waals surface area contributed by atoms with Crippen LogP contribution < -0.4 is 5.73 Å². The Morgan fingerprint density at radius 1 is 1.36 bits per heavy atom. The molecular formula is C7H13N3O. The maximum absolute atomic E-state index is 10.3. The molecule has 1 aliphatic heterocycles. The lowest BCUT2D eigenvalue weighted by Gasteiger charge is -2.33. The van der Waals surface area contributed by atoms with Gasteiger partial charge in [0.05, 0.1) is 5.82 Å². The largest absolute Gasteiger partial charge is 0.386 e. The number of hydrogen-bond acceptors (Lipinski definition) is 3. The first-order valence-electron chi connectivity index (χ1n) is 3.62. The van der Waals surface area contributed by atoms with E-state index in [0.717, 1.165) is 32.6 Å². The van der Waals surface area contributed by atoms with Crippen molar-refractivity contribution in [2.24, 2.45) is 5.73 Å². The Labute approximate surface area is 66.3 Å². The van der Waals surface area contributed by atoms with E-state index in [2.05, 4.69) is 6.58 Å². The van der Waals surface area contributed by atoms with Gasteiger partial charge in [0.25, 0.3) is 0 Å². The molecule has 62 valence electrons. The van der Waals surface area contributed by atoms with Gasteiger partial charge in [0.15, 0.2) is 0 Å². The third-order valence-electron chi connectivity index (χ3n) is 1.87. The van der Waals surface area contributed by atoms with Gasteiger partial charge >= 0.3 is 0 Å². The molecule has 0 radical (unpaired) electrons. The fraction of sp³-hybridized carbons (Fsp3) is 0.571. The van der Waals surface area contributed by atoms with Crippen molar-refractivity contribution >= 4 is 6.41 Å². The number of hydrogen-bond donors (Lipinski definition) is 1. The van der Waals surface area contributed by atoms with Crippen molar-refractivity contribution in [1.29, 1.82) is 0 Å². The van der Waals surface area contributed by atoms with Crippen LogP contribution in [0.3, 0.4) is 0 Å². The van der Waals surface area contributed by atoms with Crippen molar-refractivity contribution in [1.82, 2.24) is 9.80 Å². The molecule has 1 aliphatic rings. The zero-order valence-corrected chi connectivity index (χ0v) is 6.49. The predicted molar refractivity (Wildman–Crippen MR) is 42.5 cm³/mol. The lowest BCUT2D eigenvalue weighted by atomic mass is 10.3. The number of piperazine rings is 1. The van der Waals surface area contributed by atoms with Gasteiger partial charge in [0.1, 0.15) is 0 Å². The van der Waals surface area contributed by atoms with Crippen molar-refractivity contribution in [2.75, 3.05) is 26.2 Å². The fourth-order valence-electron chi connectivity index (χ4n) is 1.11. The van der Waals surface area contributed by atoms with Crippen molar-refractivity contribution < 1.29 is 4.79 Å². The molecule has 11 heavy (non-hydrogen) atoms. The highest BCUT2D eigenvalue weighted by Crippen LogP contribution is 2.01. The van der Waals surface area contributed by atoms with Gasteiger partial charge in [-0.05, 0) is 0 Å². The van der Waals surface area contributed by atoms with Crippen molar-refractivity contribution in [2.45, 2.75) is 0 Å². The van der Waals surface area contributed by atoms with E-state index in [9.17, 15) is 4.79 Å². The summed E-state index contributed by atoms with van der Waals surface area (Å²) in [6.45, 7) is 6.73. The summed E-state index contributed by atoms with van der Waals surface area (Å²) in [5, 5.41) is 0. The van der Waals surface area contributed by atoms with Gasteiger partial charge in [-0.2, -0.15) is 0 Å². The first kappa shape index (κ1) is 7.91. The van der Waals surface area contributed by atoms with Crippen LogP contribution in [0.5, 0.6) is 0 Å². The van der Waals surface area contributed by atoms with E-state index in [4.69, 9.17) is 5.73 Å². The maximum Gasteiger partial charge on any atom is 0.209 e. The smallest absolute Gasteiger partial charge is 0.209 e. The lowest BCUT2D eigenvalue weighted by Crippen LogP contribution is -2.46. The summed E-state index contributed by atoms with van der Waals surface area (Å²) in [6, 6.07) is 0. The summed E-state index contributed by atoms with van der Waals surface area (Å²) in [7, 11) is 0. The normalized spacial score (nSPS) is 18.2. The summed E-state index contributed by atoms with van der Waals surface area (Å²) in [4.78, 5) is 14.0. The van der Waals surface area contributed by atoms with Gasteiger partial charge in [0, 0.05) is 26.2 Å². The molecule has 0 bridgehead atoms. The standard InChI is InChI=1S/C7H13N3O/c1-7(8)10-4-2-9(6-11)3-5-10/h6H,1-5,8H2. The highest BCUT2D eigenvalue weighted by molar-refractivity contribution is 5.47. The van der Waals surface area contributed by atoms with Crippen molar-refractivity contribution in [3.8, 4) is 0 Å². The topological polar surface area (TPSA) is 49.6 Å². The van der Waals surface area contributed by atoms with Crippen LogP contribution in [-0.4, -0.2) is 42.4 Å². The summed E-state index contributed by atoms with van der Waals surface area (Å²) in [5.41, 5.74) is 5.48. The minimum atomic E-state index is 0.593. The number of amides is 1. The Bertz CT molecular complexity index is 161. The molecule has 0 aromatic rings. The van der Waals surface area contributed by atoms with E-state index in [1.165, 1.54) is 0 Å². The predicted octanol–water partition coefficient (Wildman–Crippen LogP) is -0.810. The van der Waals surface area contributed by atoms with Gasteiger partial charge in [-0.3, -0.25) is 4.79 Å².